The van der Waals surface area contributed by atoms with Crippen LogP contribution in [0.25, 0.3) is 21.9 Å². The Hall–Kier alpha value is -2.98. The molecule has 0 saturated carbocycles. The van der Waals surface area contributed by atoms with Gasteiger partial charge in [-0.15, -0.1) is 0 Å². The van der Waals surface area contributed by atoms with E-state index in [0.29, 0.717) is 22.4 Å². The highest BCUT2D eigenvalue weighted by Gasteiger charge is 2.56. The Balaban J connectivity index is 1.27. The van der Waals surface area contributed by atoms with Crippen LogP contribution in [0.2, 0.25) is 5.15 Å². The van der Waals surface area contributed by atoms with Gasteiger partial charge in [0.2, 0.25) is 0 Å². The van der Waals surface area contributed by atoms with E-state index >= 15 is 0 Å². The van der Waals surface area contributed by atoms with Crippen molar-refractivity contribution in [1.29, 1.82) is 0 Å². The maximum Gasteiger partial charge on any atom is 0.164 e. The number of hydrogen-bond acceptors (Lipinski definition) is 8. The molecule has 4 atom stereocenters. The summed E-state index contributed by atoms with van der Waals surface area (Å²) >= 11 is 6.24. The predicted octanol–water partition coefficient (Wildman–Crippen LogP) is 3.71. The number of aromatic nitrogens is 4. The summed E-state index contributed by atoms with van der Waals surface area (Å²) in [6, 6.07) is 11.3. The Morgan fingerprint density at radius 3 is 2.82 bits per heavy atom. The van der Waals surface area contributed by atoms with Gasteiger partial charge < -0.3 is 29.2 Å². The van der Waals surface area contributed by atoms with Crippen molar-refractivity contribution < 1.29 is 18.9 Å². The minimum Gasteiger partial charge on any atom is -0.491 e. The molecule has 2 N–H and O–H groups in total. The average Bonchev–Trinajstić information content (AvgIpc) is 3.43. The second-order valence-electron chi connectivity index (χ2n) is 8.66. The number of rotatable bonds is 4. The summed E-state index contributed by atoms with van der Waals surface area (Å²) in [6.45, 7) is 4.07. The van der Waals surface area contributed by atoms with Crippen molar-refractivity contribution in [3.63, 3.8) is 0 Å². The van der Waals surface area contributed by atoms with Crippen LogP contribution in [0.5, 0.6) is 5.75 Å². The van der Waals surface area contributed by atoms with Crippen molar-refractivity contribution in [2.45, 2.75) is 44.2 Å². The first-order chi connectivity index (χ1) is 15.9. The molecule has 2 saturated heterocycles. The zero-order valence-electron chi connectivity index (χ0n) is 18.0. The molecule has 0 amide bonds. The van der Waals surface area contributed by atoms with Gasteiger partial charge in [0.05, 0.1) is 10.9 Å². The molecular formula is C23H22ClN5O4. The maximum atomic E-state index is 6.39. The lowest BCUT2D eigenvalue weighted by Gasteiger charge is -2.25. The van der Waals surface area contributed by atoms with Crippen LogP contribution in [0.4, 0.5) is 5.82 Å². The molecule has 4 aromatic rings. The van der Waals surface area contributed by atoms with Gasteiger partial charge in [-0.1, -0.05) is 11.6 Å². The van der Waals surface area contributed by atoms with Gasteiger partial charge in [0.25, 0.3) is 0 Å². The van der Waals surface area contributed by atoms with Crippen molar-refractivity contribution in [2.75, 3.05) is 12.3 Å². The smallest absolute Gasteiger partial charge is 0.164 e. The van der Waals surface area contributed by atoms with Gasteiger partial charge in [0, 0.05) is 17.6 Å². The number of anilines is 1. The lowest BCUT2D eigenvalue weighted by Crippen LogP contribution is -2.33. The molecule has 2 aliphatic heterocycles. The molecule has 1 aromatic carbocycles. The summed E-state index contributed by atoms with van der Waals surface area (Å²) < 4.78 is 26.8. The molecular weight excluding hydrogens is 446 g/mol. The Bertz CT molecular complexity index is 1360. The van der Waals surface area contributed by atoms with E-state index in [1.54, 1.807) is 6.07 Å². The van der Waals surface area contributed by atoms with Crippen LogP contribution < -0.4 is 10.5 Å². The normalized spacial score (nSPS) is 26.2. The zero-order valence-corrected chi connectivity index (χ0v) is 18.8. The van der Waals surface area contributed by atoms with Crippen LogP contribution in [0.3, 0.4) is 0 Å². The summed E-state index contributed by atoms with van der Waals surface area (Å²) in [7, 11) is 0. The van der Waals surface area contributed by atoms with Gasteiger partial charge in [-0.05, 0) is 44.2 Å². The summed E-state index contributed by atoms with van der Waals surface area (Å²) in [6.07, 6.45) is 1.85. The highest BCUT2D eigenvalue weighted by atomic mass is 35.5. The first-order valence-corrected chi connectivity index (χ1v) is 11.0. The average molecular weight is 468 g/mol. The summed E-state index contributed by atoms with van der Waals surface area (Å²) in [5.41, 5.74) is 7.26. The van der Waals surface area contributed by atoms with Crippen LogP contribution in [0.1, 0.15) is 20.1 Å². The fourth-order valence-corrected chi connectivity index (χ4v) is 4.73. The van der Waals surface area contributed by atoms with E-state index in [-0.39, 0.29) is 24.9 Å². The number of nitrogens with zero attached hydrogens (tertiary/aromatic N) is 4. The van der Waals surface area contributed by atoms with Crippen molar-refractivity contribution in [1.82, 2.24) is 19.5 Å². The van der Waals surface area contributed by atoms with E-state index in [1.807, 2.05) is 54.9 Å². The Morgan fingerprint density at radius 1 is 1.12 bits per heavy atom. The van der Waals surface area contributed by atoms with Crippen LogP contribution in [-0.4, -0.2) is 50.2 Å². The quantitative estimate of drug-likeness (QED) is 0.453. The van der Waals surface area contributed by atoms with Gasteiger partial charge in [-0.2, -0.15) is 0 Å². The van der Waals surface area contributed by atoms with Crippen LogP contribution in [0.15, 0.2) is 48.9 Å². The van der Waals surface area contributed by atoms with Crippen molar-refractivity contribution in [2.24, 2.45) is 0 Å². The van der Waals surface area contributed by atoms with E-state index < -0.39 is 12.0 Å². The third-order valence-electron chi connectivity index (χ3n) is 5.96. The molecule has 2 aliphatic rings. The minimum absolute atomic E-state index is 0.278. The van der Waals surface area contributed by atoms with Crippen LogP contribution in [0, 0.1) is 0 Å². The van der Waals surface area contributed by atoms with Crippen molar-refractivity contribution >= 4 is 39.4 Å². The number of ether oxygens (including phenoxy) is 4. The second-order valence-corrected chi connectivity index (χ2v) is 9.01. The fourth-order valence-electron chi connectivity index (χ4n) is 4.54. The van der Waals surface area contributed by atoms with Crippen LogP contribution in [-0.2, 0) is 14.2 Å². The van der Waals surface area contributed by atoms with E-state index in [4.69, 9.17) is 36.3 Å². The Labute approximate surface area is 194 Å². The number of fused-ring (bicyclic) bond motifs is 3. The molecule has 170 valence electrons. The molecule has 0 bridgehead atoms. The topological polar surface area (TPSA) is 107 Å². The number of nitrogens with two attached hydrogens (primary N) is 1. The van der Waals surface area contributed by atoms with E-state index in [0.717, 1.165) is 16.3 Å². The molecule has 9 nitrogen and oxygen atoms in total. The summed E-state index contributed by atoms with van der Waals surface area (Å²) in [4.78, 5) is 12.8. The molecule has 0 radical (unpaired) electrons. The SMILES string of the molecule is CC1(C)O[C@@H]2[C@H](O1)[C@@H](COc1ccc3ccc(N)nc3c1)O[C@H]2n1ccc2c(Cl)ncnc21. The standard InChI is InChI=1S/C23H22ClN5O4/c1-23(2)32-18-16(10-30-13-5-3-12-4-6-17(25)28-15(12)9-13)31-22(19(18)33-23)29-8-7-14-20(24)26-11-27-21(14)29/h3-9,11,16,18-19,22H,10H2,1-2H3,(H2,25,28)/t16-,18-,19-,22-/m1/s1. The molecule has 3 aromatic heterocycles. The minimum atomic E-state index is -0.740. The molecule has 0 spiro atoms. The lowest BCUT2D eigenvalue weighted by atomic mass is 10.1. The largest absolute Gasteiger partial charge is 0.491 e. The first kappa shape index (κ1) is 20.6. The number of benzene rings is 1. The van der Waals surface area contributed by atoms with E-state index in [2.05, 4.69) is 15.0 Å². The van der Waals surface area contributed by atoms with E-state index in [9.17, 15) is 0 Å². The maximum absolute atomic E-state index is 6.39. The van der Waals surface area contributed by atoms with Gasteiger partial charge in [0.15, 0.2) is 12.0 Å². The van der Waals surface area contributed by atoms with Crippen molar-refractivity contribution in [3.05, 3.63) is 54.1 Å². The molecule has 33 heavy (non-hydrogen) atoms. The third-order valence-corrected chi connectivity index (χ3v) is 6.26. The Kier molecular flexibility index (Phi) is 4.70. The highest BCUT2D eigenvalue weighted by molar-refractivity contribution is 6.33. The number of halogens is 1. The highest BCUT2D eigenvalue weighted by Crippen LogP contribution is 2.44. The van der Waals surface area contributed by atoms with E-state index in [1.165, 1.54) is 6.33 Å². The third kappa shape index (κ3) is 3.57. The molecule has 0 unspecified atom stereocenters. The first-order valence-electron chi connectivity index (χ1n) is 10.7. The number of nitrogen functional groups attached to an aromatic ring is 1. The second kappa shape index (κ2) is 7.53. The van der Waals surface area contributed by atoms with Gasteiger partial charge >= 0.3 is 0 Å². The monoisotopic (exact) mass is 467 g/mol. The van der Waals surface area contributed by atoms with Crippen LogP contribution >= 0.6 is 11.6 Å². The van der Waals surface area contributed by atoms with Gasteiger partial charge in [-0.25, -0.2) is 15.0 Å². The zero-order chi connectivity index (χ0) is 22.7. The molecule has 5 heterocycles. The molecule has 10 heteroatoms. The van der Waals surface area contributed by atoms with Crippen molar-refractivity contribution in [3.8, 4) is 5.75 Å². The number of hydrogen-bond donors (Lipinski definition) is 1. The predicted molar refractivity (Wildman–Crippen MR) is 122 cm³/mol. The summed E-state index contributed by atoms with van der Waals surface area (Å²) in [5, 5.41) is 2.13. The summed E-state index contributed by atoms with van der Waals surface area (Å²) in [5.74, 6) is 0.398. The fraction of sp³-hybridized carbons (Fsp3) is 0.348. The van der Waals surface area contributed by atoms with Gasteiger partial charge in [-0.3, -0.25) is 0 Å². The molecule has 2 fully saturated rings. The number of pyridine rings is 1. The lowest BCUT2D eigenvalue weighted by molar-refractivity contribution is -0.198. The molecule has 6 rings (SSSR count). The Morgan fingerprint density at radius 2 is 1.94 bits per heavy atom. The molecule has 0 aliphatic carbocycles. The van der Waals surface area contributed by atoms with Gasteiger partial charge in [0.1, 0.15) is 53.6 Å².